The standard InChI is InChI=1S/C17H17BrFNO/c1-2-6-16(12-7-4-3-5-8-12)20-17(21)14-10-9-13(19)11-15(14)18/h3-5,7-11,16H,2,6H2,1H3,(H,20,21). The van der Waals surface area contributed by atoms with Gasteiger partial charge in [-0.25, -0.2) is 4.39 Å². The van der Waals surface area contributed by atoms with Crippen LogP contribution in [0.4, 0.5) is 4.39 Å². The van der Waals surface area contributed by atoms with Crippen LogP contribution in [0.3, 0.4) is 0 Å². The Morgan fingerprint density at radius 2 is 1.95 bits per heavy atom. The Hall–Kier alpha value is -1.68. The third-order valence-electron chi connectivity index (χ3n) is 3.26. The van der Waals surface area contributed by atoms with Gasteiger partial charge >= 0.3 is 0 Å². The quantitative estimate of drug-likeness (QED) is 0.820. The number of amides is 1. The van der Waals surface area contributed by atoms with Gasteiger partial charge in [0.2, 0.25) is 0 Å². The van der Waals surface area contributed by atoms with Crippen molar-refractivity contribution in [1.29, 1.82) is 0 Å². The van der Waals surface area contributed by atoms with E-state index in [9.17, 15) is 9.18 Å². The van der Waals surface area contributed by atoms with E-state index in [2.05, 4.69) is 28.2 Å². The average molecular weight is 350 g/mol. The second-order valence-corrected chi connectivity index (χ2v) is 5.70. The summed E-state index contributed by atoms with van der Waals surface area (Å²) >= 11 is 3.23. The topological polar surface area (TPSA) is 29.1 Å². The molecule has 0 spiro atoms. The molecule has 0 fully saturated rings. The van der Waals surface area contributed by atoms with Gasteiger partial charge in [-0.1, -0.05) is 43.7 Å². The highest BCUT2D eigenvalue weighted by atomic mass is 79.9. The van der Waals surface area contributed by atoms with E-state index in [1.165, 1.54) is 18.2 Å². The molecule has 2 rings (SSSR count). The first-order valence-electron chi connectivity index (χ1n) is 6.92. The van der Waals surface area contributed by atoms with Crippen molar-refractivity contribution in [3.63, 3.8) is 0 Å². The number of hydrogen-bond acceptors (Lipinski definition) is 1. The smallest absolute Gasteiger partial charge is 0.252 e. The first kappa shape index (κ1) is 15.7. The van der Waals surface area contributed by atoms with Crippen LogP contribution in [-0.4, -0.2) is 5.91 Å². The normalized spacial score (nSPS) is 12.0. The Bertz CT molecular complexity index is 615. The molecule has 0 heterocycles. The van der Waals surface area contributed by atoms with Crippen molar-refractivity contribution >= 4 is 21.8 Å². The molecule has 0 bridgehead atoms. The molecule has 2 nitrogen and oxygen atoms in total. The summed E-state index contributed by atoms with van der Waals surface area (Å²) in [5, 5.41) is 3.02. The maximum atomic E-state index is 13.1. The Labute approximate surface area is 132 Å². The van der Waals surface area contributed by atoms with Gasteiger partial charge in [0.25, 0.3) is 5.91 Å². The zero-order chi connectivity index (χ0) is 15.2. The van der Waals surface area contributed by atoms with E-state index in [0.717, 1.165) is 18.4 Å². The molecular formula is C17H17BrFNO. The van der Waals surface area contributed by atoms with Gasteiger partial charge in [0.1, 0.15) is 5.82 Å². The molecule has 0 aromatic heterocycles. The van der Waals surface area contributed by atoms with Crippen LogP contribution in [0.25, 0.3) is 0 Å². The Balaban J connectivity index is 2.18. The second-order valence-electron chi connectivity index (χ2n) is 4.85. The van der Waals surface area contributed by atoms with Crippen molar-refractivity contribution in [2.45, 2.75) is 25.8 Å². The fraction of sp³-hybridized carbons (Fsp3) is 0.235. The fourth-order valence-electron chi connectivity index (χ4n) is 2.21. The summed E-state index contributed by atoms with van der Waals surface area (Å²) in [6.45, 7) is 2.08. The fourth-order valence-corrected chi connectivity index (χ4v) is 2.74. The lowest BCUT2D eigenvalue weighted by atomic mass is 10.0. The van der Waals surface area contributed by atoms with Gasteiger partial charge in [-0.3, -0.25) is 4.79 Å². The van der Waals surface area contributed by atoms with Gasteiger partial charge < -0.3 is 5.32 Å². The summed E-state index contributed by atoms with van der Waals surface area (Å²) in [5.41, 5.74) is 1.51. The number of carbonyl (C=O) groups excluding carboxylic acids is 1. The summed E-state index contributed by atoms with van der Waals surface area (Å²) in [6, 6.07) is 13.9. The number of carbonyl (C=O) groups is 1. The molecule has 0 radical (unpaired) electrons. The minimum atomic E-state index is -0.369. The molecule has 21 heavy (non-hydrogen) atoms. The van der Waals surface area contributed by atoms with Crippen LogP contribution in [0.1, 0.15) is 41.7 Å². The molecule has 2 aromatic rings. The lowest BCUT2D eigenvalue weighted by Crippen LogP contribution is -2.28. The lowest BCUT2D eigenvalue weighted by Gasteiger charge is -2.19. The van der Waals surface area contributed by atoms with E-state index >= 15 is 0 Å². The molecule has 0 aliphatic heterocycles. The van der Waals surface area contributed by atoms with E-state index in [1.54, 1.807) is 0 Å². The number of benzene rings is 2. The van der Waals surface area contributed by atoms with Gasteiger partial charge in [-0.05, 0) is 46.1 Å². The number of rotatable bonds is 5. The molecule has 4 heteroatoms. The predicted octanol–water partition coefficient (Wildman–Crippen LogP) is 4.86. The Morgan fingerprint density at radius 1 is 1.24 bits per heavy atom. The highest BCUT2D eigenvalue weighted by molar-refractivity contribution is 9.10. The molecule has 0 aliphatic rings. The van der Waals surface area contributed by atoms with Crippen LogP contribution in [0.2, 0.25) is 0 Å². The van der Waals surface area contributed by atoms with E-state index in [-0.39, 0.29) is 17.8 Å². The van der Waals surface area contributed by atoms with Gasteiger partial charge in [-0.15, -0.1) is 0 Å². The minimum absolute atomic E-state index is 0.0411. The predicted molar refractivity (Wildman–Crippen MR) is 85.7 cm³/mol. The second kappa shape index (κ2) is 7.36. The maximum Gasteiger partial charge on any atom is 0.252 e. The molecule has 0 saturated heterocycles. The van der Waals surface area contributed by atoms with Crippen LogP contribution < -0.4 is 5.32 Å². The molecular weight excluding hydrogens is 333 g/mol. The highest BCUT2D eigenvalue weighted by Crippen LogP contribution is 2.22. The van der Waals surface area contributed by atoms with Crippen molar-refractivity contribution in [2.24, 2.45) is 0 Å². The molecule has 0 saturated carbocycles. The highest BCUT2D eigenvalue weighted by Gasteiger charge is 2.17. The van der Waals surface area contributed by atoms with Crippen LogP contribution >= 0.6 is 15.9 Å². The average Bonchev–Trinajstić information content (AvgIpc) is 2.47. The SMILES string of the molecule is CCCC(NC(=O)c1ccc(F)cc1Br)c1ccccc1. The Morgan fingerprint density at radius 3 is 2.57 bits per heavy atom. The van der Waals surface area contributed by atoms with Crippen molar-refractivity contribution < 1.29 is 9.18 Å². The summed E-state index contributed by atoms with van der Waals surface area (Å²) in [6.07, 6.45) is 1.82. The molecule has 1 amide bonds. The first-order chi connectivity index (χ1) is 10.1. The van der Waals surface area contributed by atoms with E-state index in [4.69, 9.17) is 0 Å². The minimum Gasteiger partial charge on any atom is -0.345 e. The Kier molecular flexibility index (Phi) is 5.51. The van der Waals surface area contributed by atoms with E-state index < -0.39 is 0 Å². The number of halogens is 2. The maximum absolute atomic E-state index is 13.1. The van der Waals surface area contributed by atoms with Gasteiger partial charge in [-0.2, -0.15) is 0 Å². The summed E-state index contributed by atoms with van der Waals surface area (Å²) < 4.78 is 13.6. The molecule has 1 unspecified atom stereocenters. The monoisotopic (exact) mass is 349 g/mol. The van der Waals surface area contributed by atoms with Crippen molar-refractivity contribution in [2.75, 3.05) is 0 Å². The zero-order valence-corrected chi connectivity index (χ0v) is 13.4. The molecule has 1 N–H and O–H groups in total. The summed E-state index contributed by atoms with van der Waals surface area (Å²) in [5.74, 6) is -0.573. The third-order valence-corrected chi connectivity index (χ3v) is 3.92. The molecule has 0 aliphatic carbocycles. The van der Waals surface area contributed by atoms with Gasteiger partial charge in [0.15, 0.2) is 0 Å². The van der Waals surface area contributed by atoms with Crippen LogP contribution in [0.5, 0.6) is 0 Å². The zero-order valence-electron chi connectivity index (χ0n) is 11.8. The number of hydrogen-bond donors (Lipinski definition) is 1. The largest absolute Gasteiger partial charge is 0.345 e. The molecule has 1 atom stereocenters. The first-order valence-corrected chi connectivity index (χ1v) is 7.72. The summed E-state index contributed by atoms with van der Waals surface area (Å²) in [7, 11) is 0. The lowest BCUT2D eigenvalue weighted by molar-refractivity contribution is 0.0933. The van der Waals surface area contributed by atoms with Crippen molar-refractivity contribution in [1.82, 2.24) is 5.32 Å². The molecule has 2 aromatic carbocycles. The van der Waals surface area contributed by atoms with Crippen molar-refractivity contribution in [3.8, 4) is 0 Å². The van der Waals surface area contributed by atoms with E-state index in [1.807, 2.05) is 30.3 Å². The molecule has 110 valence electrons. The van der Waals surface area contributed by atoms with Crippen LogP contribution in [0, 0.1) is 5.82 Å². The summed E-state index contributed by atoms with van der Waals surface area (Å²) in [4.78, 5) is 12.4. The van der Waals surface area contributed by atoms with Crippen LogP contribution in [0.15, 0.2) is 53.0 Å². The van der Waals surface area contributed by atoms with Crippen LogP contribution in [-0.2, 0) is 0 Å². The van der Waals surface area contributed by atoms with Gasteiger partial charge in [0.05, 0.1) is 11.6 Å². The van der Waals surface area contributed by atoms with E-state index in [0.29, 0.717) is 10.0 Å². The number of nitrogens with one attached hydrogen (secondary N) is 1. The third kappa shape index (κ3) is 4.14. The van der Waals surface area contributed by atoms with Crippen molar-refractivity contribution in [3.05, 3.63) is 69.9 Å². The van der Waals surface area contributed by atoms with Gasteiger partial charge in [0, 0.05) is 4.47 Å².